The fourth-order valence-corrected chi connectivity index (χ4v) is 4.81. The first kappa shape index (κ1) is 23.1. The molecule has 31 heavy (non-hydrogen) atoms. The topological polar surface area (TPSA) is 116 Å². The summed E-state index contributed by atoms with van der Waals surface area (Å²) in [6.07, 6.45) is 0.238. The first-order valence-electron chi connectivity index (χ1n) is 10.3. The van der Waals surface area contributed by atoms with Crippen molar-refractivity contribution >= 4 is 34.8 Å². The average molecular weight is 450 g/mol. The molecule has 0 bridgehead atoms. The molecule has 9 nitrogen and oxygen atoms in total. The summed E-state index contributed by atoms with van der Waals surface area (Å²) in [7, 11) is 0. The SMILES string of the molecule is CC(=O)S[C@@H](Cc1ccccc1)C(=O)N[C@H]1CCCN2CCC[C@@H](OC(=O)O)N2C1=O. The molecule has 1 aromatic carbocycles. The maximum Gasteiger partial charge on any atom is 0.507 e. The van der Waals surface area contributed by atoms with Crippen LogP contribution in [0.1, 0.15) is 38.2 Å². The van der Waals surface area contributed by atoms with Gasteiger partial charge < -0.3 is 15.2 Å². The van der Waals surface area contributed by atoms with Crippen molar-refractivity contribution in [3.63, 3.8) is 0 Å². The third-order valence-electron chi connectivity index (χ3n) is 5.30. The summed E-state index contributed by atoms with van der Waals surface area (Å²) in [4.78, 5) is 49.1. The van der Waals surface area contributed by atoms with Crippen LogP contribution in [-0.4, -0.2) is 68.8 Å². The number of carboxylic acid groups (broad SMARTS) is 1. The van der Waals surface area contributed by atoms with Gasteiger partial charge in [-0.3, -0.25) is 14.4 Å². The third-order valence-corrected chi connectivity index (χ3v) is 6.29. The van der Waals surface area contributed by atoms with Gasteiger partial charge in [-0.1, -0.05) is 42.1 Å². The summed E-state index contributed by atoms with van der Waals surface area (Å²) in [5, 5.41) is 14.1. The molecular formula is C21H27N3O6S. The minimum atomic E-state index is -1.44. The molecule has 2 amide bonds. The summed E-state index contributed by atoms with van der Waals surface area (Å²) >= 11 is 0.941. The van der Waals surface area contributed by atoms with Gasteiger partial charge >= 0.3 is 6.16 Å². The predicted molar refractivity (Wildman–Crippen MR) is 114 cm³/mol. The molecule has 0 spiro atoms. The van der Waals surface area contributed by atoms with Gasteiger partial charge in [-0.15, -0.1) is 0 Å². The molecule has 1 aromatic rings. The van der Waals surface area contributed by atoms with Gasteiger partial charge in [0, 0.05) is 26.4 Å². The van der Waals surface area contributed by atoms with Crippen LogP contribution in [-0.2, 0) is 25.5 Å². The van der Waals surface area contributed by atoms with Crippen molar-refractivity contribution in [1.29, 1.82) is 0 Å². The lowest BCUT2D eigenvalue weighted by atomic mass is 10.1. The Labute approximate surface area is 185 Å². The summed E-state index contributed by atoms with van der Waals surface area (Å²) < 4.78 is 4.94. The number of carbonyl (C=O) groups excluding carboxylic acids is 3. The minimum absolute atomic E-state index is 0.180. The molecule has 168 valence electrons. The number of nitrogens with one attached hydrogen (secondary N) is 1. The van der Waals surface area contributed by atoms with Crippen LogP contribution in [0.25, 0.3) is 0 Å². The lowest BCUT2D eigenvalue weighted by molar-refractivity contribution is -0.190. The average Bonchev–Trinajstić information content (AvgIpc) is 2.87. The van der Waals surface area contributed by atoms with Crippen LogP contribution in [0.3, 0.4) is 0 Å². The molecule has 0 radical (unpaired) electrons. The fraction of sp³-hybridized carbons (Fsp3) is 0.524. The van der Waals surface area contributed by atoms with Gasteiger partial charge in [-0.25, -0.2) is 14.8 Å². The lowest BCUT2D eigenvalue weighted by Gasteiger charge is -2.42. The molecule has 10 heteroatoms. The van der Waals surface area contributed by atoms with Crippen molar-refractivity contribution in [3.05, 3.63) is 35.9 Å². The number of hydrogen-bond acceptors (Lipinski definition) is 7. The van der Waals surface area contributed by atoms with E-state index in [-0.39, 0.29) is 16.9 Å². The first-order valence-corrected chi connectivity index (χ1v) is 11.2. The van der Waals surface area contributed by atoms with E-state index < -0.39 is 23.7 Å². The van der Waals surface area contributed by atoms with Crippen molar-refractivity contribution in [3.8, 4) is 0 Å². The first-order chi connectivity index (χ1) is 14.8. The summed E-state index contributed by atoms with van der Waals surface area (Å²) in [6, 6.07) is 8.58. The van der Waals surface area contributed by atoms with Crippen LogP contribution in [0.4, 0.5) is 4.79 Å². The van der Waals surface area contributed by atoms with Gasteiger partial charge in [-0.2, -0.15) is 0 Å². The normalized spacial score (nSPS) is 22.7. The second-order valence-corrected chi connectivity index (χ2v) is 8.99. The third kappa shape index (κ3) is 6.20. The van der Waals surface area contributed by atoms with Gasteiger partial charge in [0.1, 0.15) is 6.04 Å². The number of rotatable bonds is 6. The molecule has 0 saturated carbocycles. The summed E-state index contributed by atoms with van der Waals surface area (Å²) in [6.45, 7) is 2.61. The molecule has 2 aliphatic heterocycles. The van der Waals surface area contributed by atoms with Crippen LogP contribution < -0.4 is 5.32 Å². The maximum absolute atomic E-state index is 13.2. The summed E-state index contributed by atoms with van der Waals surface area (Å²) in [5.41, 5.74) is 0.917. The molecule has 0 aliphatic carbocycles. The molecule has 0 aromatic heterocycles. The molecule has 2 saturated heterocycles. The zero-order valence-corrected chi connectivity index (χ0v) is 18.2. The summed E-state index contributed by atoms with van der Waals surface area (Å²) in [5.74, 6) is -0.772. The number of amides is 2. The number of hydrogen-bond donors (Lipinski definition) is 2. The standard InChI is InChI=1S/C21H27N3O6S/c1-14(25)31-17(13-15-7-3-2-4-8-15)19(26)22-16-9-5-11-23-12-6-10-18(30-21(28)29)24(23)20(16)27/h2-4,7-8,16-18H,5-6,9-13H2,1H3,(H,22,26)(H,28,29)/t16-,17-,18+/m0/s1. The van der Waals surface area contributed by atoms with E-state index >= 15 is 0 Å². The van der Waals surface area contributed by atoms with Crippen molar-refractivity contribution in [2.24, 2.45) is 0 Å². The number of fused-ring (bicyclic) bond motifs is 1. The Hall–Kier alpha value is -2.59. The Kier molecular flexibility index (Phi) is 7.91. The second-order valence-electron chi connectivity index (χ2n) is 7.61. The van der Waals surface area contributed by atoms with E-state index in [0.717, 1.165) is 17.3 Å². The Bertz CT molecular complexity index is 821. The van der Waals surface area contributed by atoms with E-state index in [2.05, 4.69) is 5.32 Å². The highest BCUT2D eigenvalue weighted by Gasteiger charge is 2.41. The Balaban J connectivity index is 1.73. The zero-order chi connectivity index (χ0) is 22.4. The molecule has 2 N–H and O–H groups in total. The van der Waals surface area contributed by atoms with E-state index in [1.165, 1.54) is 11.9 Å². The zero-order valence-electron chi connectivity index (χ0n) is 17.4. The van der Waals surface area contributed by atoms with E-state index in [4.69, 9.17) is 9.84 Å². The monoisotopic (exact) mass is 449 g/mol. The number of thioether (sulfide) groups is 1. The molecule has 0 unspecified atom stereocenters. The van der Waals surface area contributed by atoms with Crippen molar-refractivity contribution < 1.29 is 29.0 Å². The van der Waals surface area contributed by atoms with E-state index in [1.54, 1.807) is 5.01 Å². The number of carbonyl (C=O) groups is 4. The smallest absolute Gasteiger partial charge is 0.450 e. The molecule has 3 atom stereocenters. The van der Waals surface area contributed by atoms with Gasteiger partial charge in [-0.05, 0) is 31.2 Å². The maximum atomic E-state index is 13.2. The Morgan fingerprint density at radius 3 is 2.52 bits per heavy atom. The van der Waals surface area contributed by atoms with E-state index in [1.807, 2.05) is 30.3 Å². The second kappa shape index (κ2) is 10.6. The molecule has 2 heterocycles. The highest BCUT2D eigenvalue weighted by atomic mass is 32.2. The van der Waals surface area contributed by atoms with Gasteiger partial charge in [0.2, 0.25) is 5.91 Å². The predicted octanol–water partition coefficient (Wildman–Crippen LogP) is 2.02. The number of ether oxygens (including phenoxy) is 1. The minimum Gasteiger partial charge on any atom is -0.450 e. The van der Waals surface area contributed by atoms with E-state index in [0.29, 0.717) is 45.2 Å². The Morgan fingerprint density at radius 2 is 1.87 bits per heavy atom. The van der Waals surface area contributed by atoms with Gasteiger partial charge in [0.15, 0.2) is 11.3 Å². The lowest BCUT2D eigenvalue weighted by Crippen LogP contribution is -2.60. The van der Waals surface area contributed by atoms with Crippen molar-refractivity contribution in [1.82, 2.24) is 15.3 Å². The Morgan fingerprint density at radius 1 is 1.19 bits per heavy atom. The molecule has 2 fully saturated rings. The van der Waals surface area contributed by atoms with Gasteiger partial charge in [0.05, 0.1) is 5.25 Å². The number of hydrazine groups is 1. The van der Waals surface area contributed by atoms with Crippen LogP contribution in [0, 0.1) is 0 Å². The fourth-order valence-electron chi connectivity index (χ4n) is 3.96. The van der Waals surface area contributed by atoms with Gasteiger partial charge in [0.25, 0.3) is 5.91 Å². The quantitative estimate of drug-likeness (QED) is 0.634. The molecule has 2 aliphatic rings. The van der Waals surface area contributed by atoms with Crippen LogP contribution in [0.15, 0.2) is 30.3 Å². The van der Waals surface area contributed by atoms with E-state index in [9.17, 15) is 19.2 Å². The highest BCUT2D eigenvalue weighted by molar-refractivity contribution is 8.14. The van der Waals surface area contributed by atoms with Crippen molar-refractivity contribution in [2.75, 3.05) is 13.1 Å². The van der Waals surface area contributed by atoms with Crippen LogP contribution in [0.2, 0.25) is 0 Å². The molecular weight excluding hydrogens is 422 g/mol. The number of benzene rings is 1. The number of nitrogens with zero attached hydrogens (tertiary/aromatic N) is 2. The highest BCUT2D eigenvalue weighted by Crippen LogP contribution is 2.25. The molecule has 3 rings (SSSR count). The van der Waals surface area contributed by atoms with Crippen LogP contribution >= 0.6 is 11.8 Å². The van der Waals surface area contributed by atoms with Crippen LogP contribution in [0.5, 0.6) is 0 Å². The largest absolute Gasteiger partial charge is 0.507 e. The van der Waals surface area contributed by atoms with Crippen molar-refractivity contribution in [2.45, 2.75) is 56.5 Å².